The third-order valence-electron chi connectivity index (χ3n) is 4.23. The average Bonchev–Trinajstić information content (AvgIpc) is 2.34. The first-order chi connectivity index (χ1) is 10.4. The number of hydrogen-bond acceptors (Lipinski definition) is 2. The zero-order chi connectivity index (χ0) is 17.8. The van der Waals surface area contributed by atoms with Gasteiger partial charge in [0, 0.05) is 5.57 Å². The summed E-state index contributed by atoms with van der Waals surface area (Å²) >= 11 is 0. The van der Waals surface area contributed by atoms with E-state index in [4.69, 9.17) is 4.74 Å². The van der Waals surface area contributed by atoms with Gasteiger partial charge in [0.2, 0.25) is 0 Å². The normalized spacial score (nSPS) is 23.4. The molecule has 1 aliphatic carbocycles. The molecule has 0 fully saturated rings. The molecule has 0 bridgehead atoms. The highest BCUT2D eigenvalue weighted by Crippen LogP contribution is 2.30. The van der Waals surface area contributed by atoms with Gasteiger partial charge in [-0.25, -0.2) is 0 Å². The zero-order valence-electron chi connectivity index (χ0n) is 16.3. The van der Waals surface area contributed by atoms with E-state index >= 15 is 0 Å². The van der Waals surface area contributed by atoms with Gasteiger partial charge in [-0.2, -0.15) is 0 Å². The van der Waals surface area contributed by atoms with Gasteiger partial charge < -0.3 is 13.7 Å². The van der Waals surface area contributed by atoms with Crippen molar-refractivity contribution in [3.8, 4) is 0 Å². The van der Waals surface area contributed by atoms with Crippen LogP contribution in [0.2, 0.25) is 0 Å². The van der Waals surface area contributed by atoms with Gasteiger partial charge in [-0.15, -0.1) is 0 Å². The zero-order valence-corrected chi connectivity index (χ0v) is 16.3. The summed E-state index contributed by atoms with van der Waals surface area (Å²) in [6.07, 6.45) is 6.69. The summed E-state index contributed by atoms with van der Waals surface area (Å²) < 4.78 is 7.19. The third kappa shape index (κ3) is 7.32. The van der Waals surface area contributed by atoms with E-state index in [0.29, 0.717) is 12.5 Å². The van der Waals surface area contributed by atoms with Gasteiger partial charge in [-0.3, -0.25) is 4.79 Å². The van der Waals surface area contributed by atoms with E-state index in [1.54, 1.807) is 0 Å². The van der Waals surface area contributed by atoms with Crippen LogP contribution >= 0.6 is 0 Å². The first kappa shape index (κ1) is 19.9. The summed E-state index contributed by atoms with van der Waals surface area (Å²) in [4.78, 5) is 12.3. The second-order valence-electron chi connectivity index (χ2n) is 8.96. The molecule has 0 aromatic heterocycles. The van der Waals surface area contributed by atoms with Crippen molar-refractivity contribution in [3.63, 3.8) is 0 Å². The van der Waals surface area contributed by atoms with E-state index in [-0.39, 0.29) is 17.8 Å². The van der Waals surface area contributed by atoms with Gasteiger partial charge in [0.05, 0.1) is 48.2 Å². The van der Waals surface area contributed by atoms with E-state index in [1.165, 1.54) is 5.57 Å². The fraction of sp³-hybridized carbons (Fsp3) is 0.737. The van der Waals surface area contributed by atoms with Crippen molar-refractivity contribution in [3.05, 3.63) is 23.8 Å². The standard InChI is InChI=1S/C19H36N2O2/c1-15-13-17(14-21(6,7)8)9-10-18(15)16(2)19(22)23-12-11-20(3,4)5/h9-10,13,15-16,18H,11-12,14H2,1-8H3/q+2. The minimum absolute atomic E-state index is 0.0802. The summed E-state index contributed by atoms with van der Waals surface area (Å²) in [6, 6.07) is 0. The van der Waals surface area contributed by atoms with E-state index in [1.807, 2.05) is 6.92 Å². The van der Waals surface area contributed by atoms with E-state index < -0.39 is 0 Å². The molecule has 0 amide bonds. The van der Waals surface area contributed by atoms with Gasteiger partial charge >= 0.3 is 5.97 Å². The molecule has 0 spiro atoms. The van der Waals surface area contributed by atoms with E-state index in [9.17, 15) is 4.79 Å². The first-order valence-electron chi connectivity index (χ1n) is 8.55. The lowest BCUT2D eigenvalue weighted by atomic mass is 9.79. The van der Waals surface area contributed by atoms with E-state index in [2.05, 4.69) is 67.4 Å². The molecule has 1 rings (SSSR count). The Morgan fingerprint density at radius 3 is 2.26 bits per heavy atom. The number of hydrogen-bond donors (Lipinski definition) is 0. The Morgan fingerprint density at radius 2 is 1.78 bits per heavy atom. The fourth-order valence-electron chi connectivity index (χ4n) is 2.90. The molecule has 0 aromatic carbocycles. The van der Waals surface area contributed by atoms with Crippen LogP contribution in [0.4, 0.5) is 0 Å². The highest BCUT2D eigenvalue weighted by Gasteiger charge is 2.29. The summed E-state index contributed by atoms with van der Waals surface area (Å²) in [5.74, 6) is 0.407. The van der Waals surface area contributed by atoms with E-state index in [0.717, 1.165) is 22.1 Å². The Morgan fingerprint density at radius 1 is 1.17 bits per heavy atom. The van der Waals surface area contributed by atoms with Crippen LogP contribution in [-0.2, 0) is 9.53 Å². The minimum Gasteiger partial charge on any atom is -0.459 e. The number of rotatable bonds is 7. The molecular weight excluding hydrogens is 288 g/mol. The molecule has 4 heteroatoms. The molecule has 0 radical (unpaired) electrons. The van der Waals surface area contributed by atoms with Crippen LogP contribution in [0.3, 0.4) is 0 Å². The predicted octanol–water partition coefficient (Wildman–Crippen LogP) is 2.33. The number of esters is 1. The number of ether oxygens (including phenoxy) is 1. The van der Waals surface area contributed by atoms with Crippen LogP contribution in [0, 0.1) is 17.8 Å². The second kappa shape index (κ2) is 7.63. The molecule has 0 heterocycles. The van der Waals surface area contributed by atoms with Crippen molar-refractivity contribution in [1.82, 2.24) is 0 Å². The van der Waals surface area contributed by atoms with Gasteiger partial charge in [0.15, 0.2) is 0 Å². The molecule has 0 aromatic rings. The largest absolute Gasteiger partial charge is 0.459 e. The Labute approximate surface area is 142 Å². The van der Waals surface area contributed by atoms with Gasteiger partial charge in [0.25, 0.3) is 0 Å². The second-order valence-corrected chi connectivity index (χ2v) is 8.96. The van der Waals surface area contributed by atoms with Crippen molar-refractivity contribution < 1.29 is 18.5 Å². The quantitative estimate of drug-likeness (QED) is 0.531. The maximum atomic E-state index is 12.3. The Kier molecular flexibility index (Phi) is 6.60. The van der Waals surface area contributed by atoms with Crippen molar-refractivity contribution in [2.45, 2.75) is 13.8 Å². The Bertz CT molecular complexity index is 467. The van der Waals surface area contributed by atoms with Crippen LogP contribution in [0.15, 0.2) is 23.8 Å². The SMILES string of the molecule is CC1C=C(C[N+](C)(C)C)C=CC1C(C)C(=O)OCC[N+](C)(C)C. The molecule has 23 heavy (non-hydrogen) atoms. The molecule has 132 valence electrons. The van der Waals surface area contributed by atoms with Crippen molar-refractivity contribution in [2.24, 2.45) is 17.8 Å². The summed E-state index contributed by atoms with van der Waals surface area (Å²) in [6.45, 7) is 6.51. The predicted molar refractivity (Wildman–Crippen MR) is 95.8 cm³/mol. The monoisotopic (exact) mass is 324 g/mol. The number of likely N-dealkylation sites (N-methyl/N-ethyl adjacent to an activating group) is 2. The van der Waals surface area contributed by atoms with Crippen molar-refractivity contribution >= 4 is 5.97 Å². The van der Waals surface area contributed by atoms with Gasteiger partial charge in [-0.05, 0) is 11.8 Å². The molecule has 1 aliphatic rings. The molecule has 3 atom stereocenters. The molecular formula is C19H36N2O2+2. The van der Waals surface area contributed by atoms with Crippen LogP contribution in [-0.4, -0.2) is 76.9 Å². The summed E-state index contributed by atoms with van der Waals surface area (Å²) in [5.41, 5.74) is 1.35. The van der Waals surface area contributed by atoms with Gasteiger partial charge in [0.1, 0.15) is 19.7 Å². The highest BCUT2D eigenvalue weighted by atomic mass is 16.5. The number of nitrogens with zero attached hydrogens (tertiary/aromatic N) is 2. The third-order valence-corrected chi connectivity index (χ3v) is 4.23. The van der Waals surface area contributed by atoms with Gasteiger partial charge in [-0.1, -0.05) is 32.1 Å². The lowest BCUT2D eigenvalue weighted by Crippen LogP contribution is -2.39. The maximum absolute atomic E-state index is 12.3. The Hall–Kier alpha value is -1.13. The number of carbonyl (C=O) groups excluding carboxylic acids is 1. The van der Waals surface area contributed by atoms with Crippen molar-refractivity contribution in [2.75, 3.05) is 62.0 Å². The minimum atomic E-state index is -0.101. The smallest absolute Gasteiger partial charge is 0.309 e. The molecule has 0 N–H and O–H groups in total. The molecule has 0 saturated carbocycles. The topological polar surface area (TPSA) is 26.3 Å². The molecule has 3 unspecified atom stereocenters. The molecule has 4 nitrogen and oxygen atoms in total. The van der Waals surface area contributed by atoms with Crippen molar-refractivity contribution in [1.29, 1.82) is 0 Å². The van der Waals surface area contributed by atoms with Crippen LogP contribution < -0.4 is 0 Å². The number of quaternary nitrogens is 2. The molecule has 0 saturated heterocycles. The number of carbonyl (C=O) groups is 1. The maximum Gasteiger partial charge on any atom is 0.309 e. The lowest BCUT2D eigenvalue weighted by molar-refractivity contribution is -0.870. The summed E-state index contributed by atoms with van der Waals surface area (Å²) in [7, 11) is 12.9. The van der Waals surface area contributed by atoms with Crippen LogP contribution in [0.25, 0.3) is 0 Å². The Balaban J connectivity index is 2.57. The molecule has 0 aliphatic heterocycles. The summed E-state index contributed by atoms with van der Waals surface area (Å²) in [5, 5.41) is 0. The first-order valence-corrected chi connectivity index (χ1v) is 8.55. The van der Waals surface area contributed by atoms with Crippen LogP contribution in [0.1, 0.15) is 13.8 Å². The number of allylic oxidation sites excluding steroid dienone is 2. The highest BCUT2D eigenvalue weighted by molar-refractivity contribution is 5.72. The lowest BCUT2D eigenvalue weighted by Gasteiger charge is -2.30. The fourth-order valence-corrected chi connectivity index (χ4v) is 2.90. The van der Waals surface area contributed by atoms with Crippen LogP contribution in [0.5, 0.6) is 0 Å². The average molecular weight is 325 g/mol.